The Labute approximate surface area is 107 Å². The molecule has 2 aromatic rings. The number of rotatable bonds is 2. The van der Waals surface area contributed by atoms with Gasteiger partial charge in [-0.25, -0.2) is 0 Å². The standard InChI is InChI=1S/C10H5Cl3N2O/c11-6-2-1-3-7(4-6)16-10-14-8(12)5-9(13)15-10/h1-5H. The molecule has 0 bridgehead atoms. The molecule has 82 valence electrons. The van der Waals surface area contributed by atoms with Gasteiger partial charge in [-0.15, -0.1) is 0 Å². The van der Waals surface area contributed by atoms with E-state index < -0.39 is 0 Å². The number of benzene rings is 1. The van der Waals surface area contributed by atoms with Gasteiger partial charge in [0.2, 0.25) is 0 Å². The lowest BCUT2D eigenvalue weighted by Crippen LogP contribution is -1.92. The molecule has 0 amide bonds. The molecule has 0 spiro atoms. The summed E-state index contributed by atoms with van der Waals surface area (Å²) in [6, 6.07) is 8.36. The average Bonchev–Trinajstić information content (AvgIpc) is 2.15. The van der Waals surface area contributed by atoms with Gasteiger partial charge in [0.15, 0.2) is 0 Å². The van der Waals surface area contributed by atoms with Crippen molar-refractivity contribution in [3.8, 4) is 11.8 Å². The molecule has 0 aliphatic carbocycles. The van der Waals surface area contributed by atoms with Crippen molar-refractivity contribution in [3.63, 3.8) is 0 Å². The molecule has 0 saturated carbocycles. The molecule has 2 rings (SSSR count). The predicted molar refractivity (Wildman–Crippen MR) is 63.6 cm³/mol. The minimum absolute atomic E-state index is 0.0831. The van der Waals surface area contributed by atoms with Crippen LogP contribution in [0.1, 0.15) is 0 Å². The van der Waals surface area contributed by atoms with Crippen LogP contribution in [0, 0.1) is 0 Å². The van der Waals surface area contributed by atoms with Crippen molar-refractivity contribution in [2.45, 2.75) is 0 Å². The third-order valence-corrected chi connectivity index (χ3v) is 2.27. The van der Waals surface area contributed by atoms with E-state index in [4.69, 9.17) is 39.5 Å². The van der Waals surface area contributed by atoms with Crippen molar-refractivity contribution < 1.29 is 4.74 Å². The minimum Gasteiger partial charge on any atom is -0.424 e. The highest BCUT2D eigenvalue weighted by atomic mass is 35.5. The van der Waals surface area contributed by atoms with Crippen molar-refractivity contribution in [2.75, 3.05) is 0 Å². The Kier molecular flexibility index (Phi) is 3.49. The van der Waals surface area contributed by atoms with E-state index in [2.05, 4.69) is 9.97 Å². The Bertz CT molecular complexity index is 499. The fourth-order valence-electron chi connectivity index (χ4n) is 1.05. The summed E-state index contributed by atoms with van der Waals surface area (Å²) in [6.07, 6.45) is 0. The zero-order valence-corrected chi connectivity index (χ0v) is 10.1. The fourth-order valence-corrected chi connectivity index (χ4v) is 1.64. The first-order valence-corrected chi connectivity index (χ1v) is 5.40. The second-order valence-electron chi connectivity index (χ2n) is 2.86. The predicted octanol–water partition coefficient (Wildman–Crippen LogP) is 4.23. The first-order valence-electron chi connectivity index (χ1n) is 4.27. The van der Waals surface area contributed by atoms with E-state index in [-0.39, 0.29) is 16.3 Å². The zero-order chi connectivity index (χ0) is 11.5. The number of aromatic nitrogens is 2. The molecule has 0 fully saturated rings. The lowest BCUT2D eigenvalue weighted by Gasteiger charge is -2.04. The van der Waals surface area contributed by atoms with Crippen LogP contribution in [0.25, 0.3) is 0 Å². The molecule has 3 nitrogen and oxygen atoms in total. The summed E-state index contributed by atoms with van der Waals surface area (Å²) in [5.41, 5.74) is 0. The lowest BCUT2D eigenvalue weighted by atomic mass is 10.3. The first kappa shape index (κ1) is 11.5. The van der Waals surface area contributed by atoms with Crippen LogP contribution in [-0.4, -0.2) is 9.97 Å². The van der Waals surface area contributed by atoms with Crippen molar-refractivity contribution in [1.82, 2.24) is 9.97 Å². The Morgan fingerprint density at radius 2 is 1.62 bits per heavy atom. The van der Waals surface area contributed by atoms with Gasteiger partial charge < -0.3 is 4.74 Å². The van der Waals surface area contributed by atoms with Crippen LogP contribution in [0.5, 0.6) is 11.8 Å². The van der Waals surface area contributed by atoms with Gasteiger partial charge in [-0.2, -0.15) is 9.97 Å². The maximum atomic E-state index is 5.80. The van der Waals surface area contributed by atoms with Gasteiger partial charge in [-0.05, 0) is 18.2 Å². The molecule has 0 saturated heterocycles. The number of halogens is 3. The molecule has 6 heteroatoms. The van der Waals surface area contributed by atoms with E-state index in [9.17, 15) is 0 Å². The molecule has 1 aromatic heterocycles. The minimum atomic E-state index is 0.0831. The molecule has 0 N–H and O–H groups in total. The van der Waals surface area contributed by atoms with Gasteiger partial charge in [0, 0.05) is 11.1 Å². The van der Waals surface area contributed by atoms with Gasteiger partial charge in [0.05, 0.1) is 0 Å². The number of nitrogens with zero attached hydrogens (tertiary/aromatic N) is 2. The maximum absolute atomic E-state index is 5.80. The van der Waals surface area contributed by atoms with E-state index in [0.717, 1.165) is 0 Å². The van der Waals surface area contributed by atoms with Crippen LogP contribution < -0.4 is 4.74 Å². The second-order valence-corrected chi connectivity index (χ2v) is 4.07. The van der Waals surface area contributed by atoms with E-state index in [1.165, 1.54) is 6.07 Å². The molecular weight excluding hydrogens is 270 g/mol. The van der Waals surface area contributed by atoms with E-state index in [0.29, 0.717) is 10.8 Å². The van der Waals surface area contributed by atoms with Crippen LogP contribution in [0.15, 0.2) is 30.3 Å². The molecular formula is C10H5Cl3N2O. The van der Waals surface area contributed by atoms with Gasteiger partial charge in [-0.3, -0.25) is 0 Å². The monoisotopic (exact) mass is 274 g/mol. The molecule has 0 aliphatic rings. The van der Waals surface area contributed by atoms with Gasteiger partial charge in [0.1, 0.15) is 16.1 Å². The van der Waals surface area contributed by atoms with Gasteiger partial charge in [-0.1, -0.05) is 40.9 Å². The third-order valence-electron chi connectivity index (χ3n) is 1.65. The van der Waals surface area contributed by atoms with Gasteiger partial charge in [0.25, 0.3) is 0 Å². The first-order chi connectivity index (χ1) is 7.63. The lowest BCUT2D eigenvalue weighted by molar-refractivity contribution is 0.442. The third kappa shape index (κ3) is 2.98. The summed E-state index contributed by atoms with van der Waals surface area (Å²) in [7, 11) is 0. The summed E-state index contributed by atoms with van der Waals surface area (Å²) in [6.45, 7) is 0. The van der Waals surface area contributed by atoms with Crippen molar-refractivity contribution in [1.29, 1.82) is 0 Å². The molecule has 16 heavy (non-hydrogen) atoms. The summed E-state index contributed by atoms with van der Waals surface area (Å²) in [5, 5.41) is 1.000. The topological polar surface area (TPSA) is 35.0 Å². The summed E-state index contributed by atoms with van der Waals surface area (Å²) >= 11 is 17.2. The second kappa shape index (κ2) is 4.87. The fraction of sp³-hybridized carbons (Fsp3) is 0. The number of hydrogen-bond acceptors (Lipinski definition) is 3. The molecule has 0 radical (unpaired) electrons. The summed E-state index contributed by atoms with van der Waals surface area (Å²) in [4.78, 5) is 7.73. The zero-order valence-electron chi connectivity index (χ0n) is 7.82. The van der Waals surface area contributed by atoms with E-state index in [1.54, 1.807) is 24.3 Å². The maximum Gasteiger partial charge on any atom is 0.324 e. The van der Waals surface area contributed by atoms with Crippen LogP contribution in [0.3, 0.4) is 0 Å². The highest BCUT2D eigenvalue weighted by Crippen LogP contribution is 2.23. The van der Waals surface area contributed by atoms with E-state index in [1.807, 2.05) is 0 Å². The van der Waals surface area contributed by atoms with Crippen LogP contribution in [0.4, 0.5) is 0 Å². The van der Waals surface area contributed by atoms with Crippen LogP contribution in [0.2, 0.25) is 15.3 Å². The average molecular weight is 276 g/mol. The van der Waals surface area contributed by atoms with Crippen LogP contribution >= 0.6 is 34.8 Å². The highest BCUT2D eigenvalue weighted by molar-refractivity contribution is 6.33. The molecule has 0 unspecified atom stereocenters. The Balaban J connectivity index is 2.27. The Morgan fingerprint density at radius 3 is 2.25 bits per heavy atom. The van der Waals surface area contributed by atoms with E-state index >= 15 is 0 Å². The molecule has 1 aromatic carbocycles. The summed E-state index contributed by atoms with van der Waals surface area (Å²) < 4.78 is 5.35. The van der Waals surface area contributed by atoms with Crippen molar-refractivity contribution in [3.05, 3.63) is 45.7 Å². The van der Waals surface area contributed by atoms with Crippen LogP contribution in [-0.2, 0) is 0 Å². The molecule has 0 atom stereocenters. The van der Waals surface area contributed by atoms with Gasteiger partial charge >= 0.3 is 6.01 Å². The quantitative estimate of drug-likeness (QED) is 0.769. The molecule has 1 heterocycles. The normalized spacial score (nSPS) is 10.2. The highest BCUT2D eigenvalue weighted by Gasteiger charge is 2.04. The summed E-state index contributed by atoms with van der Waals surface area (Å²) in [5.74, 6) is 0.519. The van der Waals surface area contributed by atoms with Crippen molar-refractivity contribution in [2.24, 2.45) is 0 Å². The SMILES string of the molecule is Clc1cccc(Oc2nc(Cl)cc(Cl)n2)c1. The molecule has 0 aliphatic heterocycles. The number of ether oxygens (including phenoxy) is 1. The number of hydrogen-bond donors (Lipinski definition) is 0. The smallest absolute Gasteiger partial charge is 0.324 e. The largest absolute Gasteiger partial charge is 0.424 e. The van der Waals surface area contributed by atoms with Crippen molar-refractivity contribution >= 4 is 34.8 Å². The Morgan fingerprint density at radius 1 is 0.938 bits per heavy atom. The Hall–Kier alpha value is -1.03.